The first-order valence-corrected chi connectivity index (χ1v) is 13.4. The highest BCUT2D eigenvalue weighted by molar-refractivity contribution is 7.09. The van der Waals surface area contributed by atoms with Crippen molar-refractivity contribution in [2.75, 3.05) is 26.7 Å². The van der Waals surface area contributed by atoms with Crippen LogP contribution in [-0.4, -0.2) is 105 Å². The number of pyridine rings is 1. The van der Waals surface area contributed by atoms with Crippen molar-refractivity contribution in [3.05, 3.63) is 52.5 Å². The summed E-state index contributed by atoms with van der Waals surface area (Å²) in [6.07, 6.45) is -9.93. The van der Waals surface area contributed by atoms with Gasteiger partial charge < -0.3 is 20.1 Å². The first kappa shape index (κ1) is 39.5. The molecule has 0 unspecified atom stereocenters. The second kappa shape index (κ2) is 17.3. The van der Waals surface area contributed by atoms with E-state index in [1.54, 1.807) is 0 Å². The molecule has 20 heteroatoms. The molecule has 3 N–H and O–H groups in total. The molecule has 10 nitrogen and oxygen atoms in total. The Balaban J connectivity index is 0.000000396. The molecule has 2 aliphatic rings. The van der Waals surface area contributed by atoms with Crippen molar-refractivity contribution in [2.45, 2.75) is 50.2 Å². The predicted molar refractivity (Wildman–Crippen MR) is 138 cm³/mol. The summed E-state index contributed by atoms with van der Waals surface area (Å²) >= 11 is 1.87. The third-order valence-electron chi connectivity index (χ3n) is 6.18. The van der Waals surface area contributed by atoms with E-state index in [-0.39, 0.29) is 0 Å². The molecule has 45 heavy (non-hydrogen) atoms. The van der Waals surface area contributed by atoms with Crippen LogP contribution in [0.4, 0.5) is 39.5 Å². The van der Waals surface area contributed by atoms with E-state index in [2.05, 4.69) is 44.4 Å². The second-order valence-electron chi connectivity index (χ2n) is 9.30. The average Bonchev–Trinajstić information content (AvgIpc) is 3.59. The number of piperidine rings is 1. The van der Waals surface area contributed by atoms with Gasteiger partial charge >= 0.3 is 36.4 Å². The number of carboxylic acids is 3. The lowest BCUT2D eigenvalue weighted by Gasteiger charge is -2.41. The molecule has 4 heterocycles. The average molecular weight is 686 g/mol. The van der Waals surface area contributed by atoms with Crippen LogP contribution in [-0.2, 0) is 32.2 Å². The predicted octanol–water partition coefficient (Wildman–Crippen LogP) is 4.76. The number of likely N-dealkylation sites (tertiary alicyclic amines) is 2. The van der Waals surface area contributed by atoms with Gasteiger partial charge in [-0.25, -0.2) is 14.4 Å². The third-order valence-corrected chi connectivity index (χ3v) is 7.04. The van der Waals surface area contributed by atoms with E-state index in [4.69, 9.17) is 34.4 Å². The maximum absolute atomic E-state index is 10.6. The molecule has 0 aromatic carbocycles. The van der Waals surface area contributed by atoms with E-state index >= 15 is 0 Å². The van der Waals surface area contributed by atoms with Crippen LogP contribution in [0.1, 0.15) is 16.9 Å². The first-order chi connectivity index (χ1) is 20.7. The van der Waals surface area contributed by atoms with Gasteiger partial charge in [-0.2, -0.15) is 39.5 Å². The van der Waals surface area contributed by atoms with E-state index in [1.165, 1.54) is 10.4 Å². The van der Waals surface area contributed by atoms with Crippen molar-refractivity contribution >= 4 is 29.2 Å². The van der Waals surface area contributed by atoms with Crippen molar-refractivity contribution in [3.8, 4) is 0 Å². The normalized spacial score (nSPS) is 20.3. The van der Waals surface area contributed by atoms with Crippen molar-refractivity contribution in [2.24, 2.45) is 5.92 Å². The van der Waals surface area contributed by atoms with Crippen LogP contribution in [0.3, 0.4) is 0 Å². The zero-order valence-corrected chi connectivity index (χ0v) is 24.0. The number of thiophene rings is 1. The molecule has 3 atom stereocenters. The number of aliphatic carboxylic acids is 3. The zero-order chi connectivity index (χ0) is 34.6. The number of carbonyl (C=O) groups is 3. The largest absolute Gasteiger partial charge is 0.490 e. The van der Waals surface area contributed by atoms with E-state index in [0.29, 0.717) is 18.1 Å². The van der Waals surface area contributed by atoms with Crippen LogP contribution in [0, 0.1) is 5.92 Å². The van der Waals surface area contributed by atoms with Crippen LogP contribution in [0.25, 0.3) is 0 Å². The first-order valence-electron chi connectivity index (χ1n) is 12.5. The highest BCUT2D eigenvalue weighted by Gasteiger charge is 2.44. The summed E-state index contributed by atoms with van der Waals surface area (Å²) in [5.74, 6) is -7.65. The number of hydrogen-bond donors (Lipinski definition) is 3. The molecule has 2 aliphatic heterocycles. The fourth-order valence-corrected chi connectivity index (χ4v) is 5.02. The molecular formula is C25H28F9N3O7S. The lowest BCUT2D eigenvalue weighted by atomic mass is 9.89. The molecule has 0 amide bonds. The number of nitrogens with zero attached hydrogens (tertiary/aromatic N) is 3. The highest BCUT2D eigenvalue weighted by Crippen LogP contribution is 2.34. The summed E-state index contributed by atoms with van der Waals surface area (Å²) in [5, 5.41) is 23.6. The summed E-state index contributed by atoms with van der Waals surface area (Å²) in [6, 6.07) is 9.26. The molecule has 0 aliphatic carbocycles. The van der Waals surface area contributed by atoms with Crippen molar-refractivity contribution in [1.82, 2.24) is 14.8 Å². The Kier molecular flexibility index (Phi) is 15.2. The van der Waals surface area contributed by atoms with Gasteiger partial charge in [-0.1, -0.05) is 6.07 Å². The standard InChI is InChI=1S/C19H25N3OS.3C2HF3O2/c1-23-19-6-9-22(12-16-3-2-10-24-16)18-14-21(13-17(18)19)11-15-4-7-20-8-5-15;3*3-2(4,5)1(6)7/h2-5,7-8,10,17-19H,6,9,11-14H2,1H3;3*(H,6,7)/t17-,18+,19+;;;/m0.../s1. The quantitative estimate of drug-likeness (QED) is 0.378. The van der Waals surface area contributed by atoms with Crippen molar-refractivity contribution < 1.29 is 74.0 Å². The van der Waals surface area contributed by atoms with Gasteiger partial charge in [0.2, 0.25) is 0 Å². The fraction of sp³-hybridized carbons (Fsp3) is 0.520. The number of halogens is 9. The molecule has 0 radical (unpaired) electrons. The third kappa shape index (κ3) is 14.4. The van der Waals surface area contributed by atoms with Gasteiger partial charge in [-0.3, -0.25) is 14.8 Å². The number of rotatable bonds is 5. The van der Waals surface area contributed by atoms with Gasteiger partial charge in [-0.05, 0) is 35.6 Å². The van der Waals surface area contributed by atoms with Gasteiger partial charge in [0, 0.05) is 69.1 Å². The molecule has 254 valence electrons. The Hall–Kier alpha value is -3.49. The summed E-state index contributed by atoms with van der Waals surface area (Å²) in [5.41, 5.74) is 1.35. The number of methoxy groups -OCH3 is 1. The topological polar surface area (TPSA) is 140 Å². The van der Waals surface area contributed by atoms with Crippen LogP contribution in [0.5, 0.6) is 0 Å². The van der Waals surface area contributed by atoms with Gasteiger partial charge in [0.25, 0.3) is 0 Å². The Morgan fingerprint density at radius 3 is 1.76 bits per heavy atom. The second-order valence-corrected chi connectivity index (χ2v) is 10.3. The molecule has 2 aromatic heterocycles. The molecule has 4 rings (SSSR count). The van der Waals surface area contributed by atoms with Crippen LogP contribution < -0.4 is 0 Å². The van der Waals surface area contributed by atoms with E-state index < -0.39 is 36.4 Å². The number of alkyl halides is 9. The number of ether oxygens (including phenoxy) is 1. The van der Waals surface area contributed by atoms with Crippen molar-refractivity contribution in [3.63, 3.8) is 0 Å². The molecule has 0 bridgehead atoms. The smallest absolute Gasteiger partial charge is 0.475 e. The Labute approximate surface area is 253 Å². The highest BCUT2D eigenvalue weighted by atomic mass is 32.1. The Bertz CT molecular complexity index is 1140. The number of hydrogen-bond acceptors (Lipinski definition) is 8. The lowest BCUT2D eigenvalue weighted by Crippen LogP contribution is -2.50. The summed E-state index contributed by atoms with van der Waals surface area (Å²) < 4.78 is 101. The number of aromatic nitrogens is 1. The molecule has 0 spiro atoms. The molecule has 2 saturated heterocycles. The van der Waals surface area contributed by atoms with Gasteiger partial charge in [0.15, 0.2) is 0 Å². The fourth-order valence-electron chi connectivity index (χ4n) is 4.29. The minimum absolute atomic E-state index is 0.400. The molecule has 0 saturated carbocycles. The van der Waals surface area contributed by atoms with E-state index in [1.807, 2.05) is 30.8 Å². The van der Waals surface area contributed by atoms with E-state index in [0.717, 1.165) is 39.1 Å². The van der Waals surface area contributed by atoms with Gasteiger partial charge in [0.05, 0.1) is 6.10 Å². The lowest BCUT2D eigenvalue weighted by molar-refractivity contribution is -0.193. The molecular weight excluding hydrogens is 657 g/mol. The molecule has 2 aromatic rings. The maximum atomic E-state index is 10.6. The van der Waals surface area contributed by atoms with Crippen LogP contribution in [0.15, 0.2) is 42.0 Å². The van der Waals surface area contributed by atoms with Crippen LogP contribution >= 0.6 is 11.3 Å². The SMILES string of the molecule is CO[C@@H]1CCN(Cc2cccs2)[C@@H]2CN(Cc3ccncc3)C[C@@H]21.O=C(O)C(F)(F)F.O=C(O)C(F)(F)F.O=C(O)C(F)(F)F. The number of carboxylic acid groups (broad SMARTS) is 3. The van der Waals surface area contributed by atoms with Gasteiger partial charge in [0.1, 0.15) is 0 Å². The van der Waals surface area contributed by atoms with Crippen LogP contribution in [0.2, 0.25) is 0 Å². The zero-order valence-electron chi connectivity index (χ0n) is 23.1. The Morgan fingerprint density at radius 1 is 0.867 bits per heavy atom. The maximum Gasteiger partial charge on any atom is 0.490 e. The van der Waals surface area contributed by atoms with Crippen molar-refractivity contribution in [1.29, 1.82) is 0 Å². The summed E-state index contributed by atoms with van der Waals surface area (Å²) in [7, 11) is 1.88. The monoisotopic (exact) mass is 685 g/mol. The minimum atomic E-state index is -5.08. The minimum Gasteiger partial charge on any atom is -0.475 e. The molecule has 2 fully saturated rings. The van der Waals surface area contributed by atoms with Gasteiger partial charge in [-0.15, -0.1) is 11.3 Å². The van der Waals surface area contributed by atoms with E-state index in [9.17, 15) is 39.5 Å². The Morgan fingerprint density at radius 2 is 1.36 bits per heavy atom. The number of fused-ring (bicyclic) bond motifs is 1. The summed E-state index contributed by atoms with van der Waals surface area (Å²) in [6.45, 7) is 5.50. The summed E-state index contributed by atoms with van der Waals surface area (Å²) in [4.78, 5) is 37.5.